The van der Waals surface area contributed by atoms with Crippen LogP contribution in [0.3, 0.4) is 0 Å². The number of anilines is 1. The molecule has 1 fully saturated rings. The van der Waals surface area contributed by atoms with Gasteiger partial charge in [0.2, 0.25) is 41.4 Å². The Kier molecular flexibility index (Phi) is 32.9. The average Bonchev–Trinajstić information content (AvgIpc) is 1.36. The zero-order valence-electron chi connectivity index (χ0n) is 57.1. The van der Waals surface area contributed by atoms with Crippen molar-refractivity contribution in [3.05, 3.63) is 77.1 Å². The first-order valence-corrected chi connectivity index (χ1v) is 33.5. The molecule has 2 aromatic carbocycles. The largest absolute Gasteiger partial charge is 0.445 e. The number of aryl methyl sites for hydroxylation is 1. The molecule has 0 bridgehead atoms. The molecule has 3 aromatic rings. The number of hydrogen-bond acceptors (Lipinski definition) is 15. The highest BCUT2D eigenvalue weighted by atomic mass is 35.5. The van der Waals surface area contributed by atoms with E-state index in [-0.39, 0.29) is 74.2 Å². The number of primary amides is 1. The number of methoxy groups -OCH3 is 2. The summed E-state index contributed by atoms with van der Waals surface area (Å²) in [5.74, 6) is -4.95. The molecule has 94 heavy (non-hydrogen) atoms. The molecular weight excluding hydrogens is 1250 g/mol. The summed E-state index contributed by atoms with van der Waals surface area (Å²) in [4.78, 5) is 128. The van der Waals surface area contributed by atoms with Gasteiger partial charge in [0, 0.05) is 60.1 Å². The maximum Gasteiger partial charge on any atom is 0.410 e. The Bertz CT molecular complexity index is 2940. The lowest BCUT2D eigenvalue weighted by Crippen LogP contribution is -2.60. The standard InChI is InChI=1S/C66H103Cl2N13O13/c1-15-41(8)57(51(92-13)34-53(83)80-32-20-25-49(80)59(93-14)42(9)60(85)71-43(10)58(84)45-22-17-16-18-23-45)78(11)64(89)55(39(4)5)75-63(88)56(40(6)7)79(12)66(91)94-37-44-27-29-46(30-28-44)72-61(86)47(24-19-31-70-65(69)90)73-62(87)54(38(2)3)74-52(82)26-21-33-81-50(36-68)48(35-67)76-77-81/h16-18,22-23,27-30,38-43,47,49,51,54-59,84H,15,19-21,24-26,31-37H2,1-14H3,(H,71,85)(H,72,86)(H,73,87)(H,74,82)(H,75,88)(H3,69,70,90). The minimum absolute atomic E-state index is 0.0558. The monoisotopic (exact) mass is 1360 g/mol. The van der Waals surface area contributed by atoms with Crippen molar-refractivity contribution >= 4 is 82.4 Å². The number of ether oxygens (including phenoxy) is 3. The number of alkyl halides is 2. The van der Waals surface area contributed by atoms with Gasteiger partial charge >= 0.3 is 12.1 Å². The van der Waals surface area contributed by atoms with Crippen molar-refractivity contribution in [1.29, 1.82) is 0 Å². The first kappa shape index (κ1) is 79.3. The van der Waals surface area contributed by atoms with Crippen molar-refractivity contribution in [2.45, 2.75) is 206 Å². The predicted molar refractivity (Wildman–Crippen MR) is 357 cm³/mol. The molecule has 4 rings (SSSR count). The van der Waals surface area contributed by atoms with Crippen LogP contribution in [0.2, 0.25) is 0 Å². The molecule has 26 nitrogen and oxygen atoms in total. The van der Waals surface area contributed by atoms with E-state index in [1.54, 1.807) is 113 Å². The normalized spacial score (nSPS) is 16.7. The molecule has 0 spiro atoms. The number of likely N-dealkylation sites (tertiary alicyclic amines) is 1. The fourth-order valence-electron chi connectivity index (χ4n) is 11.9. The molecule has 0 radical (unpaired) electrons. The molecule has 28 heteroatoms. The highest BCUT2D eigenvalue weighted by Crippen LogP contribution is 2.31. The van der Waals surface area contributed by atoms with Gasteiger partial charge in [-0.15, -0.1) is 28.3 Å². The van der Waals surface area contributed by atoms with Gasteiger partial charge in [0.1, 0.15) is 36.5 Å². The molecule has 2 heterocycles. The lowest BCUT2D eigenvalue weighted by atomic mass is 9.89. The molecule has 1 aliphatic heterocycles. The summed E-state index contributed by atoms with van der Waals surface area (Å²) >= 11 is 12.0. The van der Waals surface area contributed by atoms with E-state index in [2.05, 4.69) is 42.2 Å². The van der Waals surface area contributed by atoms with Crippen molar-refractivity contribution < 1.29 is 62.5 Å². The van der Waals surface area contributed by atoms with Gasteiger partial charge in [-0.05, 0) is 86.0 Å². The Morgan fingerprint density at radius 3 is 2.00 bits per heavy atom. The average molecular weight is 1360 g/mol. The third kappa shape index (κ3) is 22.8. The van der Waals surface area contributed by atoms with E-state index in [1.807, 2.05) is 32.0 Å². The molecular formula is C66H103Cl2N13O13. The van der Waals surface area contributed by atoms with Crippen molar-refractivity contribution in [2.75, 3.05) is 46.7 Å². The van der Waals surface area contributed by atoms with Crippen molar-refractivity contribution in [1.82, 2.24) is 56.3 Å². The number of carbonyl (C=O) groups is 9. The fourth-order valence-corrected chi connectivity index (χ4v) is 12.4. The van der Waals surface area contributed by atoms with Crippen LogP contribution >= 0.6 is 23.2 Å². The van der Waals surface area contributed by atoms with Gasteiger partial charge in [0.25, 0.3) is 0 Å². The maximum absolute atomic E-state index is 14.8. The van der Waals surface area contributed by atoms with E-state index < -0.39 is 120 Å². The number of rotatable bonds is 38. The van der Waals surface area contributed by atoms with Gasteiger partial charge < -0.3 is 66.8 Å². The van der Waals surface area contributed by atoms with E-state index in [4.69, 9.17) is 43.1 Å². The van der Waals surface area contributed by atoms with Crippen LogP contribution in [-0.2, 0) is 72.7 Å². The Morgan fingerprint density at radius 2 is 1.43 bits per heavy atom. The zero-order chi connectivity index (χ0) is 70.1. The van der Waals surface area contributed by atoms with Gasteiger partial charge in [0.05, 0.1) is 66.2 Å². The van der Waals surface area contributed by atoms with Crippen LogP contribution in [0.1, 0.15) is 149 Å². The number of nitrogens with zero attached hydrogens (tertiary/aromatic N) is 6. The van der Waals surface area contributed by atoms with Gasteiger partial charge in [-0.1, -0.05) is 116 Å². The van der Waals surface area contributed by atoms with Crippen LogP contribution < -0.4 is 37.6 Å². The Balaban J connectivity index is 1.39. The second-order valence-electron chi connectivity index (χ2n) is 25.4. The van der Waals surface area contributed by atoms with Crippen molar-refractivity contribution in [3.63, 3.8) is 0 Å². The van der Waals surface area contributed by atoms with Gasteiger partial charge in [-0.3, -0.25) is 38.5 Å². The van der Waals surface area contributed by atoms with Crippen LogP contribution in [0.25, 0.3) is 0 Å². The van der Waals surface area contributed by atoms with Crippen LogP contribution in [0.15, 0.2) is 54.6 Å². The number of nitrogens with two attached hydrogens (primary N) is 1. The van der Waals surface area contributed by atoms with Gasteiger partial charge in [-0.2, -0.15) is 0 Å². The third-order valence-electron chi connectivity index (χ3n) is 17.5. The number of carbonyl (C=O) groups excluding carboxylic acids is 9. The molecule has 10 amide bonds. The van der Waals surface area contributed by atoms with Crippen molar-refractivity contribution in [3.8, 4) is 0 Å². The van der Waals surface area contributed by atoms with E-state index in [1.165, 1.54) is 26.2 Å². The molecule has 9 N–H and O–H groups in total. The number of amides is 10. The molecule has 12 atom stereocenters. The summed E-state index contributed by atoms with van der Waals surface area (Å²) in [7, 11) is 6.09. The van der Waals surface area contributed by atoms with E-state index in [0.29, 0.717) is 67.0 Å². The second-order valence-corrected chi connectivity index (χ2v) is 25.9. The highest BCUT2D eigenvalue weighted by Gasteiger charge is 2.44. The van der Waals surface area contributed by atoms with Crippen LogP contribution in [-0.4, -0.2) is 184 Å². The molecule has 1 aromatic heterocycles. The number of halogens is 2. The number of aromatic nitrogens is 3. The van der Waals surface area contributed by atoms with Gasteiger partial charge in [-0.25, -0.2) is 14.3 Å². The van der Waals surface area contributed by atoms with Gasteiger partial charge in [0.15, 0.2) is 0 Å². The van der Waals surface area contributed by atoms with Crippen LogP contribution in [0.5, 0.6) is 0 Å². The first-order chi connectivity index (χ1) is 44.5. The summed E-state index contributed by atoms with van der Waals surface area (Å²) in [5.41, 5.74) is 8.00. The SMILES string of the molecule is CCC(C)C(C(CC(=O)N1CCCC1C(OC)C(C)C(=O)NC(C)C(O)c1ccccc1)OC)N(C)C(=O)C(NC(=O)C(C(C)C)N(C)C(=O)OCc1ccc(NC(=O)C(CCCNC(N)=O)NC(=O)C(NC(=O)CCCn2nnc(CCl)c2CCl)C(C)C)cc1)C(C)C. The van der Waals surface area contributed by atoms with E-state index in [9.17, 15) is 48.3 Å². The van der Waals surface area contributed by atoms with Crippen molar-refractivity contribution in [2.24, 2.45) is 35.3 Å². The maximum atomic E-state index is 14.8. The van der Waals surface area contributed by atoms with E-state index in [0.717, 1.165) is 0 Å². The molecule has 1 saturated heterocycles. The lowest BCUT2D eigenvalue weighted by Gasteiger charge is -2.41. The van der Waals surface area contributed by atoms with E-state index >= 15 is 0 Å². The summed E-state index contributed by atoms with van der Waals surface area (Å²) in [6, 6.07) is 8.81. The minimum Gasteiger partial charge on any atom is -0.445 e. The van der Waals surface area contributed by atoms with Crippen LogP contribution in [0.4, 0.5) is 15.3 Å². The summed E-state index contributed by atoms with van der Waals surface area (Å²) in [5, 5.41) is 35.8. The quantitative estimate of drug-likeness (QED) is 0.0236. The summed E-state index contributed by atoms with van der Waals surface area (Å²) < 4.78 is 19.4. The zero-order valence-corrected chi connectivity index (χ0v) is 58.6. The number of benzene rings is 2. The Morgan fingerprint density at radius 1 is 0.766 bits per heavy atom. The number of aliphatic hydroxyl groups excluding tert-OH is 1. The first-order valence-electron chi connectivity index (χ1n) is 32.5. The Labute approximate surface area is 563 Å². The minimum atomic E-state index is -1.11. The molecule has 0 saturated carbocycles. The number of likely N-dealkylation sites (N-methyl/N-ethyl adjacent to an activating group) is 2. The third-order valence-corrected chi connectivity index (χ3v) is 18.0. The van der Waals surface area contributed by atoms with Crippen LogP contribution in [0, 0.1) is 29.6 Å². The lowest BCUT2D eigenvalue weighted by molar-refractivity contribution is -0.148. The Hall–Kier alpha value is -7.13. The second kappa shape index (κ2) is 39.0. The number of urea groups is 1. The molecule has 12 unspecified atom stereocenters. The summed E-state index contributed by atoms with van der Waals surface area (Å²) in [6.45, 7) is 18.8. The number of aliphatic hydroxyl groups is 1. The topological polar surface area (TPSA) is 340 Å². The fraction of sp³-hybridized carbons (Fsp3) is 0.652. The smallest absolute Gasteiger partial charge is 0.410 e. The highest BCUT2D eigenvalue weighted by molar-refractivity contribution is 6.18. The number of nitrogens with one attached hydrogen (secondary N) is 6. The summed E-state index contributed by atoms with van der Waals surface area (Å²) in [6.07, 6.45) is -0.619. The predicted octanol–water partition coefficient (Wildman–Crippen LogP) is 6.14. The molecule has 524 valence electrons. The number of hydrogen-bond donors (Lipinski definition) is 8. The molecule has 1 aliphatic rings. The molecule has 0 aliphatic carbocycles.